The van der Waals surface area contributed by atoms with Crippen LogP contribution in [0.1, 0.15) is 47.0 Å². The molecule has 1 N–H and O–H groups in total. The molecular formula is C20H26F2O11S. The average molecular weight is 512 g/mol. The molecule has 7 unspecified atom stereocenters. The van der Waals surface area contributed by atoms with E-state index in [2.05, 4.69) is 4.74 Å². The van der Waals surface area contributed by atoms with E-state index in [1.807, 2.05) is 0 Å². The molecule has 1 heterocycles. The van der Waals surface area contributed by atoms with Crippen molar-refractivity contribution in [2.24, 2.45) is 23.7 Å². The van der Waals surface area contributed by atoms with Crippen LogP contribution >= 0.6 is 0 Å². The first kappa shape index (κ1) is 26.3. The maximum absolute atomic E-state index is 13.5. The Labute approximate surface area is 194 Å². The van der Waals surface area contributed by atoms with Crippen LogP contribution in [0.2, 0.25) is 0 Å². The van der Waals surface area contributed by atoms with Gasteiger partial charge in [-0.3, -0.25) is 23.7 Å². The van der Waals surface area contributed by atoms with E-state index in [4.69, 9.17) is 18.8 Å². The Morgan fingerprint density at radius 1 is 1.15 bits per heavy atom. The molecule has 14 heteroatoms. The van der Waals surface area contributed by atoms with E-state index in [-0.39, 0.29) is 5.92 Å². The largest absolute Gasteiger partial charge is 0.460 e. The van der Waals surface area contributed by atoms with Gasteiger partial charge in [-0.1, -0.05) is 0 Å². The van der Waals surface area contributed by atoms with Crippen LogP contribution in [-0.4, -0.2) is 66.0 Å². The van der Waals surface area contributed by atoms with E-state index in [9.17, 15) is 36.4 Å². The molecule has 2 bridgehead atoms. The van der Waals surface area contributed by atoms with Gasteiger partial charge in [-0.2, -0.15) is 17.2 Å². The molecule has 2 aliphatic carbocycles. The minimum absolute atomic E-state index is 0.318. The normalized spacial score (nSPS) is 31.1. The molecule has 2 saturated carbocycles. The fourth-order valence-corrected chi connectivity index (χ4v) is 5.26. The van der Waals surface area contributed by atoms with Crippen LogP contribution < -0.4 is 0 Å². The number of fused-ring (bicyclic) bond motifs is 1. The number of carbonyl (C=O) groups is 4. The lowest BCUT2D eigenvalue weighted by Crippen LogP contribution is -2.45. The monoisotopic (exact) mass is 512 g/mol. The zero-order valence-electron chi connectivity index (χ0n) is 18.9. The van der Waals surface area contributed by atoms with Crippen LogP contribution in [0.3, 0.4) is 0 Å². The summed E-state index contributed by atoms with van der Waals surface area (Å²) in [6, 6.07) is 0. The van der Waals surface area contributed by atoms with Gasteiger partial charge in [-0.05, 0) is 34.1 Å². The van der Waals surface area contributed by atoms with Crippen molar-refractivity contribution in [2.45, 2.75) is 76.1 Å². The molecule has 34 heavy (non-hydrogen) atoms. The molecule has 3 aliphatic rings. The summed E-state index contributed by atoms with van der Waals surface area (Å²) in [5.74, 6) is -5.77. The lowest BCUT2D eigenvalue weighted by molar-refractivity contribution is -0.172. The minimum Gasteiger partial charge on any atom is -0.460 e. The smallest absolute Gasteiger partial charge is 0.405 e. The first-order valence-corrected chi connectivity index (χ1v) is 12.0. The first-order chi connectivity index (χ1) is 15.4. The molecule has 0 radical (unpaired) electrons. The van der Waals surface area contributed by atoms with Crippen molar-refractivity contribution in [3.05, 3.63) is 0 Å². The molecule has 0 amide bonds. The van der Waals surface area contributed by atoms with Crippen molar-refractivity contribution < 1.29 is 59.9 Å². The lowest BCUT2D eigenvalue weighted by Gasteiger charge is -2.32. The average Bonchev–Trinajstić information content (AvgIpc) is 3.27. The van der Waals surface area contributed by atoms with Gasteiger partial charge < -0.3 is 18.9 Å². The molecular weight excluding hydrogens is 486 g/mol. The Hall–Kier alpha value is -2.35. The van der Waals surface area contributed by atoms with Crippen LogP contribution in [0.5, 0.6) is 0 Å². The van der Waals surface area contributed by atoms with Gasteiger partial charge in [0.25, 0.3) is 0 Å². The van der Waals surface area contributed by atoms with Crippen molar-refractivity contribution in [1.29, 1.82) is 0 Å². The summed E-state index contributed by atoms with van der Waals surface area (Å²) in [7, 11) is -5.81. The molecule has 0 spiro atoms. The van der Waals surface area contributed by atoms with Gasteiger partial charge in [0.1, 0.15) is 17.8 Å². The van der Waals surface area contributed by atoms with Crippen LogP contribution in [0.25, 0.3) is 0 Å². The summed E-state index contributed by atoms with van der Waals surface area (Å²) in [6.07, 6.45) is -5.07. The fraction of sp³-hybridized carbons (Fsp3) is 0.800. The van der Waals surface area contributed by atoms with Gasteiger partial charge in [0.2, 0.25) is 0 Å². The highest BCUT2D eigenvalue weighted by molar-refractivity contribution is 7.86. The van der Waals surface area contributed by atoms with Crippen LogP contribution in [0.15, 0.2) is 0 Å². The van der Waals surface area contributed by atoms with E-state index in [0.29, 0.717) is 13.3 Å². The van der Waals surface area contributed by atoms with Gasteiger partial charge in [-0.15, -0.1) is 0 Å². The highest BCUT2D eigenvalue weighted by Crippen LogP contribution is 2.59. The Balaban J connectivity index is 1.59. The van der Waals surface area contributed by atoms with Crippen molar-refractivity contribution in [1.82, 2.24) is 0 Å². The second kappa shape index (κ2) is 8.70. The van der Waals surface area contributed by atoms with Crippen molar-refractivity contribution >= 4 is 34.0 Å². The fourth-order valence-electron chi connectivity index (χ4n) is 4.79. The molecule has 11 nitrogen and oxygen atoms in total. The van der Waals surface area contributed by atoms with E-state index in [1.165, 1.54) is 0 Å². The zero-order chi connectivity index (χ0) is 25.8. The van der Waals surface area contributed by atoms with E-state index in [0.717, 1.165) is 0 Å². The third-order valence-electron chi connectivity index (χ3n) is 6.15. The summed E-state index contributed by atoms with van der Waals surface area (Å²) in [6.45, 7) is 5.60. The number of carbonyl (C=O) groups excluding carboxylic acids is 4. The molecule has 0 aromatic carbocycles. The standard InChI is InChI=1S/C20H26F2O11S/c1-8(20(21,22)34(27,28)29)30-11(23)5-6-12(24)31-15-10-7-9-13(17(25)32-16(9)15)14(10)18(26)33-19(2,3)4/h8-10,13-16H,5-7H2,1-4H3,(H,27,28,29). The minimum atomic E-state index is -5.81. The second-order valence-corrected chi connectivity index (χ2v) is 11.2. The highest BCUT2D eigenvalue weighted by atomic mass is 32.2. The Morgan fingerprint density at radius 3 is 2.29 bits per heavy atom. The predicted molar refractivity (Wildman–Crippen MR) is 105 cm³/mol. The summed E-state index contributed by atoms with van der Waals surface area (Å²) < 4.78 is 77.4. The number of esters is 4. The zero-order valence-corrected chi connectivity index (χ0v) is 19.7. The topological polar surface area (TPSA) is 160 Å². The Morgan fingerprint density at radius 2 is 1.74 bits per heavy atom. The summed E-state index contributed by atoms with van der Waals surface area (Å²) >= 11 is 0. The quantitative estimate of drug-likeness (QED) is 0.283. The van der Waals surface area contributed by atoms with Gasteiger partial charge in [0.05, 0.1) is 24.7 Å². The van der Waals surface area contributed by atoms with Gasteiger partial charge >= 0.3 is 39.2 Å². The number of rotatable bonds is 8. The Bertz CT molecular complexity index is 987. The maximum Gasteiger partial charge on any atom is 0.405 e. The van der Waals surface area contributed by atoms with Crippen molar-refractivity contribution in [3.8, 4) is 0 Å². The number of halogens is 2. The SMILES string of the molecule is CC(OC(=O)CCC(=O)OC1C2CC3C1OC(=O)C3C2C(=O)OC(C)(C)C)C(F)(F)S(=O)(=O)O. The van der Waals surface area contributed by atoms with E-state index in [1.54, 1.807) is 20.8 Å². The molecule has 7 atom stereocenters. The maximum atomic E-state index is 13.5. The molecule has 1 saturated heterocycles. The van der Waals surface area contributed by atoms with Crippen molar-refractivity contribution in [3.63, 3.8) is 0 Å². The molecule has 192 valence electrons. The summed E-state index contributed by atoms with van der Waals surface area (Å²) in [4.78, 5) is 49.1. The number of hydrogen-bond donors (Lipinski definition) is 1. The molecule has 3 fully saturated rings. The van der Waals surface area contributed by atoms with Gasteiger partial charge in [-0.25, -0.2) is 0 Å². The van der Waals surface area contributed by atoms with E-state index >= 15 is 0 Å². The van der Waals surface area contributed by atoms with Gasteiger partial charge in [0.15, 0.2) is 6.10 Å². The highest BCUT2D eigenvalue weighted by Gasteiger charge is 2.70. The second-order valence-electron chi connectivity index (χ2n) is 9.67. The number of alkyl halides is 2. The number of ether oxygens (including phenoxy) is 4. The molecule has 3 rings (SSSR count). The summed E-state index contributed by atoms with van der Waals surface area (Å²) in [5.41, 5.74) is -0.795. The van der Waals surface area contributed by atoms with E-state index < -0.39 is 93.8 Å². The molecule has 0 aromatic rings. The number of hydrogen-bond acceptors (Lipinski definition) is 10. The predicted octanol–water partition coefficient (Wildman–Crippen LogP) is 1.24. The first-order valence-electron chi connectivity index (χ1n) is 10.6. The van der Waals surface area contributed by atoms with Crippen LogP contribution in [0, 0.1) is 23.7 Å². The third kappa shape index (κ3) is 4.88. The lowest BCUT2D eigenvalue weighted by atomic mass is 9.78. The van der Waals surface area contributed by atoms with Crippen LogP contribution in [-0.2, 0) is 48.2 Å². The third-order valence-corrected chi connectivity index (χ3v) is 7.17. The van der Waals surface area contributed by atoms with Gasteiger partial charge in [0, 0.05) is 11.8 Å². The van der Waals surface area contributed by atoms with Crippen molar-refractivity contribution in [2.75, 3.05) is 0 Å². The molecule has 1 aliphatic heterocycles. The Kier molecular flexibility index (Phi) is 6.72. The van der Waals surface area contributed by atoms with Crippen LogP contribution in [0.4, 0.5) is 8.78 Å². The summed E-state index contributed by atoms with van der Waals surface area (Å²) in [5, 5.41) is -4.73. The molecule has 0 aromatic heterocycles.